The van der Waals surface area contributed by atoms with Gasteiger partial charge in [0.05, 0.1) is 6.61 Å². The van der Waals surface area contributed by atoms with Gasteiger partial charge in [0.15, 0.2) is 0 Å². The summed E-state index contributed by atoms with van der Waals surface area (Å²) in [4.78, 5) is 0. The van der Waals surface area contributed by atoms with Gasteiger partial charge in [-0.2, -0.15) is 0 Å². The predicted molar refractivity (Wildman–Crippen MR) is 45.6 cm³/mol. The molecule has 0 aliphatic rings. The standard InChI is InChI=1S/C6H11IO2/c1-6(7)3-4-9-5-8-2/h1,3-5H2,2H3. The summed E-state index contributed by atoms with van der Waals surface area (Å²) in [7, 11) is 1.61. The molecule has 9 heavy (non-hydrogen) atoms. The fourth-order valence-electron chi connectivity index (χ4n) is 0.325. The summed E-state index contributed by atoms with van der Waals surface area (Å²) >= 11 is 2.18. The van der Waals surface area contributed by atoms with Gasteiger partial charge in [-0.3, -0.25) is 0 Å². The van der Waals surface area contributed by atoms with E-state index in [2.05, 4.69) is 33.9 Å². The summed E-state index contributed by atoms with van der Waals surface area (Å²) in [5.41, 5.74) is 0. The molecule has 0 N–H and O–H groups in total. The molecule has 3 heteroatoms. The Morgan fingerprint density at radius 1 is 1.67 bits per heavy atom. The van der Waals surface area contributed by atoms with Crippen molar-refractivity contribution in [3.63, 3.8) is 0 Å². The van der Waals surface area contributed by atoms with E-state index in [1.165, 1.54) is 0 Å². The number of hydrogen-bond donors (Lipinski definition) is 0. The van der Waals surface area contributed by atoms with Gasteiger partial charge in [0.25, 0.3) is 0 Å². The third-order valence-electron chi connectivity index (χ3n) is 0.719. The molecule has 0 amide bonds. The second kappa shape index (κ2) is 6.51. The average molecular weight is 242 g/mol. The van der Waals surface area contributed by atoms with E-state index in [4.69, 9.17) is 4.74 Å². The lowest BCUT2D eigenvalue weighted by atomic mass is 10.5. The van der Waals surface area contributed by atoms with E-state index in [1.807, 2.05) is 0 Å². The van der Waals surface area contributed by atoms with Crippen LogP contribution in [0.3, 0.4) is 0 Å². The van der Waals surface area contributed by atoms with E-state index >= 15 is 0 Å². The van der Waals surface area contributed by atoms with Crippen LogP contribution < -0.4 is 0 Å². The first-order chi connectivity index (χ1) is 4.27. The van der Waals surface area contributed by atoms with Gasteiger partial charge in [-0.05, 0) is 26.2 Å². The fraction of sp³-hybridized carbons (Fsp3) is 0.667. The Labute approximate surface area is 69.4 Å². The van der Waals surface area contributed by atoms with Crippen molar-refractivity contribution in [1.82, 2.24) is 0 Å². The highest BCUT2D eigenvalue weighted by molar-refractivity contribution is 14.1. The molecule has 0 aromatic carbocycles. The molecule has 0 aliphatic heterocycles. The van der Waals surface area contributed by atoms with Crippen molar-refractivity contribution in [2.45, 2.75) is 6.42 Å². The van der Waals surface area contributed by atoms with E-state index in [9.17, 15) is 0 Å². The molecule has 0 spiro atoms. The molecule has 0 bridgehead atoms. The Hall–Kier alpha value is 0.390. The lowest BCUT2D eigenvalue weighted by molar-refractivity contribution is -0.0286. The Morgan fingerprint density at radius 2 is 2.33 bits per heavy atom. The Morgan fingerprint density at radius 3 is 2.78 bits per heavy atom. The Balaban J connectivity index is 2.83. The van der Waals surface area contributed by atoms with Gasteiger partial charge in [0.2, 0.25) is 0 Å². The first-order valence-corrected chi connectivity index (χ1v) is 3.75. The molecule has 0 heterocycles. The number of rotatable bonds is 5. The highest BCUT2D eigenvalue weighted by Gasteiger charge is 1.87. The molecule has 2 nitrogen and oxygen atoms in total. The fourth-order valence-corrected chi connectivity index (χ4v) is 0.545. The summed E-state index contributed by atoms with van der Waals surface area (Å²) in [6.07, 6.45) is 0.907. The van der Waals surface area contributed by atoms with Crippen molar-refractivity contribution in [3.05, 3.63) is 10.2 Å². The molecule has 0 aliphatic carbocycles. The maximum atomic E-state index is 5.01. The van der Waals surface area contributed by atoms with Gasteiger partial charge in [0.1, 0.15) is 6.79 Å². The van der Waals surface area contributed by atoms with Crippen molar-refractivity contribution in [3.8, 4) is 0 Å². The SMILES string of the molecule is C=C(I)CCOCOC. The van der Waals surface area contributed by atoms with Crippen molar-refractivity contribution in [2.24, 2.45) is 0 Å². The van der Waals surface area contributed by atoms with Crippen LogP contribution in [0.25, 0.3) is 0 Å². The summed E-state index contributed by atoms with van der Waals surface area (Å²) in [5, 5.41) is 0. The van der Waals surface area contributed by atoms with Gasteiger partial charge >= 0.3 is 0 Å². The zero-order valence-corrected chi connectivity index (χ0v) is 7.68. The zero-order chi connectivity index (χ0) is 7.11. The van der Waals surface area contributed by atoms with Gasteiger partial charge in [-0.1, -0.05) is 6.58 Å². The molecule has 0 radical (unpaired) electrons. The predicted octanol–water partition coefficient (Wildman–Crippen LogP) is 1.95. The zero-order valence-electron chi connectivity index (χ0n) is 5.52. The van der Waals surface area contributed by atoms with Crippen molar-refractivity contribution in [2.75, 3.05) is 20.5 Å². The summed E-state index contributed by atoms with van der Waals surface area (Å²) < 4.78 is 10.8. The van der Waals surface area contributed by atoms with Crippen LogP contribution in [0, 0.1) is 0 Å². The van der Waals surface area contributed by atoms with E-state index in [1.54, 1.807) is 7.11 Å². The molecular formula is C6H11IO2. The van der Waals surface area contributed by atoms with E-state index in [0.29, 0.717) is 13.4 Å². The molecule has 0 aromatic rings. The molecule has 0 saturated carbocycles. The molecule has 0 saturated heterocycles. The minimum absolute atomic E-state index is 0.379. The molecule has 54 valence electrons. The van der Waals surface area contributed by atoms with E-state index in [0.717, 1.165) is 10.0 Å². The minimum Gasteiger partial charge on any atom is -0.359 e. The van der Waals surface area contributed by atoms with Crippen LogP contribution in [-0.4, -0.2) is 20.5 Å². The van der Waals surface area contributed by atoms with Crippen LogP contribution in [0.5, 0.6) is 0 Å². The van der Waals surface area contributed by atoms with Crippen LogP contribution in [0.4, 0.5) is 0 Å². The van der Waals surface area contributed by atoms with Crippen LogP contribution in [0.1, 0.15) is 6.42 Å². The van der Waals surface area contributed by atoms with Crippen molar-refractivity contribution < 1.29 is 9.47 Å². The normalized spacial score (nSPS) is 9.56. The maximum Gasteiger partial charge on any atom is 0.146 e. The van der Waals surface area contributed by atoms with Gasteiger partial charge in [-0.25, -0.2) is 0 Å². The average Bonchev–Trinajstić information content (AvgIpc) is 1.80. The van der Waals surface area contributed by atoms with Crippen LogP contribution in [0.2, 0.25) is 0 Å². The van der Waals surface area contributed by atoms with Crippen molar-refractivity contribution >= 4 is 22.6 Å². The number of methoxy groups -OCH3 is 1. The monoisotopic (exact) mass is 242 g/mol. The number of halogens is 1. The smallest absolute Gasteiger partial charge is 0.146 e. The summed E-state index contributed by atoms with van der Waals surface area (Å²) in [6, 6.07) is 0. The van der Waals surface area contributed by atoms with Gasteiger partial charge < -0.3 is 9.47 Å². The third kappa shape index (κ3) is 8.39. The second-order valence-corrected chi connectivity index (χ2v) is 3.11. The van der Waals surface area contributed by atoms with Crippen LogP contribution in [0.15, 0.2) is 10.2 Å². The molecule has 0 rings (SSSR count). The molecule has 0 aromatic heterocycles. The second-order valence-electron chi connectivity index (χ2n) is 1.58. The Kier molecular flexibility index (Phi) is 6.79. The third-order valence-corrected chi connectivity index (χ3v) is 1.26. The quantitative estimate of drug-likeness (QED) is 0.416. The highest BCUT2D eigenvalue weighted by Crippen LogP contribution is 2.06. The lowest BCUT2D eigenvalue weighted by Crippen LogP contribution is -1.97. The largest absolute Gasteiger partial charge is 0.359 e. The summed E-state index contributed by atoms with van der Waals surface area (Å²) in [5.74, 6) is 0. The lowest BCUT2D eigenvalue weighted by Gasteiger charge is -1.99. The molecular weight excluding hydrogens is 231 g/mol. The number of hydrogen-bond acceptors (Lipinski definition) is 2. The first kappa shape index (κ1) is 9.39. The van der Waals surface area contributed by atoms with Crippen molar-refractivity contribution in [1.29, 1.82) is 0 Å². The Bertz CT molecular complexity index is 83.1. The van der Waals surface area contributed by atoms with E-state index in [-0.39, 0.29) is 0 Å². The van der Waals surface area contributed by atoms with Gasteiger partial charge in [-0.15, -0.1) is 0 Å². The summed E-state index contributed by atoms with van der Waals surface area (Å²) in [6.45, 7) is 4.80. The maximum absolute atomic E-state index is 5.01. The molecule has 0 atom stereocenters. The highest BCUT2D eigenvalue weighted by atomic mass is 127. The van der Waals surface area contributed by atoms with Crippen LogP contribution in [-0.2, 0) is 9.47 Å². The minimum atomic E-state index is 0.379. The topological polar surface area (TPSA) is 18.5 Å². The molecule has 0 fully saturated rings. The first-order valence-electron chi connectivity index (χ1n) is 2.67. The molecule has 0 unspecified atom stereocenters. The van der Waals surface area contributed by atoms with Crippen LogP contribution >= 0.6 is 22.6 Å². The van der Waals surface area contributed by atoms with E-state index < -0.39 is 0 Å². The van der Waals surface area contributed by atoms with Gasteiger partial charge in [0, 0.05) is 13.5 Å². The number of ether oxygens (including phenoxy) is 2.